The number of likely N-dealkylation sites (tertiary alicyclic amines) is 1. The van der Waals surface area contributed by atoms with Crippen LogP contribution in [0.4, 0.5) is 4.39 Å². The molecule has 1 N–H and O–H groups in total. The van der Waals surface area contributed by atoms with Crippen LogP contribution in [0.5, 0.6) is 5.75 Å². The van der Waals surface area contributed by atoms with Gasteiger partial charge in [-0.1, -0.05) is 0 Å². The Labute approximate surface area is 173 Å². The number of benzene rings is 1. The Balaban J connectivity index is 1.39. The fourth-order valence-electron chi connectivity index (χ4n) is 4.10. The molecule has 0 bridgehead atoms. The molecule has 1 aromatic carbocycles. The molecule has 0 aliphatic carbocycles. The highest BCUT2D eigenvalue weighted by atomic mass is 19.1. The summed E-state index contributed by atoms with van der Waals surface area (Å²) in [6, 6.07) is 8.87. The van der Waals surface area contributed by atoms with Crippen molar-refractivity contribution in [1.29, 1.82) is 0 Å². The molecular formula is C23H24FN3O3. The van der Waals surface area contributed by atoms with E-state index in [1.807, 2.05) is 6.92 Å². The van der Waals surface area contributed by atoms with Crippen LogP contribution in [-0.4, -0.2) is 44.8 Å². The number of aromatic hydroxyl groups is 1. The van der Waals surface area contributed by atoms with Gasteiger partial charge >= 0.3 is 0 Å². The summed E-state index contributed by atoms with van der Waals surface area (Å²) in [6.07, 6.45) is 3.45. The first-order valence-corrected chi connectivity index (χ1v) is 10.2. The fourth-order valence-corrected chi connectivity index (χ4v) is 4.10. The van der Waals surface area contributed by atoms with E-state index in [4.69, 9.17) is 0 Å². The molecule has 2 aromatic heterocycles. The number of carbonyl (C=O) groups excluding carboxylic acids is 1. The van der Waals surface area contributed by atoms with Gasteiger partial charge in [0.15, 0.2) is 5.78 Å². The van der Waals surface area contributed by atoms with Crippen molar-refractivity contribution in [1.82, 2.24) is 14.3 Å². The van der Waals surface area contributed by atoms with Gasteiger partial charge in [0.05, 0.1) is 6.20 Å². The third-order valence-electron chi connectivity index (χ3n) is 5.87. The number of pyridine rings is 1. The first-order chi connectivity index (χ1) is 14.4. The van der Waals surface area contributed by atoms with Gasteiger partial charge in [0, 0.05) is 29.3 Å². The van der Waals surface area contributed by atoms with E-state index in [1.165, 1.54) is 28.8 Å². The quantitative estimate of drug-likeness (QED) is 0.656. The highest BCUT2D eigenvalue weighted by molar-refractivity contribution is 5.97. The standard InChI is InChI=1S/C23H24FN3O3/c1-15-20(23(30)27-14-19(28)6-7-21(27)25-15)10-13-26-11-8-17(9-12-26)22(29)16-2-4-18(24)5-3-16/h2-7,14,17,28H,8-13H2,1H3. The van der Waals surface area contributed by atoms with E-state index in [9.17, 15) is 19.1 Å². The third kappa shape index (κ3) is 4.11. The average molecular weight is 409 g/mol. The van der Waals surface area contributed by atoms with Gasteiger partial charge in [-0.25, -0.2) is 9.37 Å². The van der Waals surface area contributed by atoms with Gasteiger partial charge in [0.2, 0.25) is 0 Å². The molecule has 1 aliphatic rings. The van der Waals surface area contributed by atoms with Gasteiger partial charge in [-0.15, -0.1) is 0 Å². The maximum atomic E-state index is 13.1. The zero-order chi connectivity index (χ0) is 21.3. The van der Waals surface area contributed by atoms with Crippen LogP contribution >= 0.6 is 0 Å². The lowest BCUT2D eigenvalue weighted by molar-refractivity contribution is 0.0841. The highest BCUT2D eigenvalue weighted by Crippen LogP contribution is 2.22. The maximum absolute atomic E-state index is 13.1. The fraction of sp³-hybridized carbons (Fsp3) is 0.348. The Hall–Kier alpha value is -3.06. The lowest BCUT2D eigenvalue weighted by Gasteiger charge is -2.31. The average Bonchev–Trinajstić information content (AvgIpc) is 2.75. The van der Waals surface area contributed by atoms with Gasteiger partial charge in [0.1, 0.15) is 17.2 Å². The molecule has 1 aliphatic heterocycles. The molecule has 0 saturated carbocycles. The summed E-state index contributed by atoms with van der Waals surface area (Å²) >= 11 is 0. The molecule has 0 amide bonds. The second-order valence-corrected chi connectivity index (χ2v) is 7.83. The molecule has 3 aromatic rings. The topological polar surface area (TPSA) is 74.9 Å². The summed E-state index contributed by atoms with van der Waals surface area (Å²) in [4.78, 5) is 32.2. The largest absolute Gasteiger partial charge is 0.506 e. The van der Waals surface area contributed by atoms with Crippen LogP contribution in [0.3, 0.4) is 0 Å². The molecule has 4 rings (SSSR count). The number of ketones is 1. The smallest absolute Gasteiger partial charge is 0.261 e. The summed E-state index contributed by atoms with van der Waals surface area (Å²) in [7, 11) is 0. The van der Waals surface area contributed by atoms with Gasteiger partial charge in [-0.05, 0) is 75.7 Å². The van der Waals surface area contributed by atoms with Crippen molar-refractivity contribution < 1.29 is 14.3 Å². The van der Waals surface area contributed by atoms with Crippen molar-refractivity contribution in [2.24, 2.45) is 5.92 Å². The van der Waals surface area contributed by atoms with E-state index in [1.54, 1.807) is 18.2 Å². The predicted octanol–water partition coefficient (Wildman–Crippen LogP) is 2.99. The second kappa shape index (κ2) is 8.36. The SMILES string of the molecule is Cc1nc2ccc(O)cn2c(=O)c1CCN1CCC(C(=O)c2ccc(F)cc2)CC1. The molecule has 6 nitrogen and oxygen atoms in total. The summed E-state index contributed by atoms with van der Waals surface area (Å²) < 4.78 is 14.5. The summed E-state index contributed by atoms with van der Waals surface area (Å²) in [5.74, 6) is -0.299. The van der Waals surface area contributed by atoms with Gasteiger partial charge < -0.3 is 10.0 Å². The van der Waals surface area contributed by atoms with Crippen LogP contribution in [0.25, 0.3) is 5.65 Å². The Morgan fingerprint density at radius 3 is 2.57 bits per heavy atom. The second-order valence-electron chi connectivity index (χ2n) is 7.83. The highest BCUT2D eigenvalue weighted by Gasteiger charge is 2.26. The van der Waals surface area contributed by atoms with Gasteiger partial charge in [-0.3, -0.25) is 14.0 Å². The van der Waals surface area contributed by atoms with Gasteiger partial charge in [-0.2, -0.15) is 0 Å². The molecule has 7 heteroatoms. The number of aromatic nitrogens is 2. The number of nitrogens with zero attached hydrogens (tertiary/aromatic N) is 3. The minimum Gasteiger partial charge on any atom is -0.506 e. The molecule has 0 radical (unpaired) electrons. The van der Waals surface area contributed by atoms with E-state index in [-0.39, 0.29) is 28.8 Å². The van der Waals surface area contributed by atoms with E-state index >= 15 is 0 Å². The maximum Gasteiger partial charge on any atom is 0.261 e. The lowest BCUT2D eigenvalue weighted by atomic mass is 9.89. The van der Waals surface area contributed by atoms with E-state index in [0.717, 1.165) is 25.9 Å². The Bertz CT molecular complexity index is 1130. The number of fused-ring (bicyclic) bond motifs is 1. The number of rotatable bonds is 5. The van der Waals surface area contributed by atoms with Crippen LogP contribution in [0, 0.1) is 18.7 Å². The van der Waals surface area contributed by atoms with Crippen LogP contribution in [0.1, 0.15) is 34.5 Å². The van der Waals surface area contributed by atoms with Crippen molar-refractivity contribution in [3.05, 3.63) is 75.6 Å². The molecular weight excluding hydrogens is 385 g/mol. The number of hydrogen-bond acceptors (Lipinski definition) is 5. The zero-order valence-electron chi connectivity index (χ0n) is 16.8. The number of piperidine rings is 1. The van der Waals surface area contributed by atoms with E-state index in [2.05, 4.69) is 9.88 Å². The Kier molecular flexibility index (Phi) is 5.63. The Morgan fingerprint density at radius 2 is 1.87 bits per heavy atom. The number of halogens is 1. The molecule has 3 heterocycles. The summed E-state index contributed by atoms with van der Waals surface area (Å²) in [5.41, 5.74) is 2.26. The van der Waals surface area contributed by atoms with Crippen LogP contribution < -0.4 is 5.56 Å². The Morgan fingerprint density at radius 1 is 1.17 bits per heavy atom. The number of hydrogen-bond donors (Lipinski definition) is 1. The van der Waals surface area contributed by atoms with E-state index in [0.29, 0.717) is 35.4 Å². The third-order valence-corrected chi connectivity index (χ3v) is 5.87. The van der Waals surface area contributed by atoms with Crippen molar-refractivity contribution in [2.75, 3.05) is 19.6 Å². The van der Waals surface area contributed by atoms with Crippen molar-refractivity contribution >= 4 is 11.4 Å². The normalized spacial score (nSPS) is 15.5. The lowest BCUT2D eigenvalue weighted by Crippen LogP contribution is -2.38. The zero-order valence-corrected chi connectivity index (χ0v) is 16.8. The molecule has 0 unspecified atom stereocenters. The number of carbonyl (C=O) groups is 1. The summed E-state index contributed by atoms with van der Waals surface area (Å²) in [6.45, 7) is 4.09. The van der Waals surface area contributed by atoms with Crippen LogP contribution in [0.15, 0.2) is 47.4 Å². The molecule has 156 valence electrons. The van der Waals surface area contributed by atoms with Gasteiger partial charge in [0.25, 0.3) is 5.56 Å². The molecule has 0 atom stereocenters. The van der Waals surface area contributed by atoms with Crippen LogP contribution in [-0.2, 0) is 6.42 Å². The molecule has 30 heavy (non-hydrogen) atoms. The first-order valence-electron chi connectivity index (χ1n) is 10.2. The number of aryl methyl sites for hydroxylation is 1. The first kappa shape index (κ1) is 20.2. The minimum atomic E-state index is -0.342. The monoisotopic (exact) mass is 409 g/mol. The van der Waals surface area contributed by atoms with E-state index < -0.39 is 0 Å². The number of Topliss-reactive ketones (excluding diaryl/α,β-unsaturated/α-hetero) is 1. The predicted molar refractivity (Wildman–Crippen MR) is 111 cm³/mol. The minimum absolute atomic E-state index is 0.0223. The molecule has 1 saturated heterocycles. The molecule has 1 fully saturated rings. The molecule has 0 spiro atoms. The van der Waals surface area contributed by atoms with Crippen molar-refractivity contribution in [2.45, 2.75) is 26.2 Å². The summed E-state index contributed by atoms with van der Waals surface area (Å²) in [5, 5.41) is 9.67. The van der Waals surface area contributed by atoms with Crippen LogP contribution in [0.2, 0.25) is 0 Å². The van der Waals surface area contributed by atoms with Crippen molar-refractivity contribution in [3.63, 3.8) is 0 Å². The van der Waals surface area contributed by atoms with Crippen molar-refractivity contribution in [3.8, 4) is 5.75 Å².